The van der Waals surface area contributed by atoms with Crippen LogP contribution in [0.4, 0.5) is 0 Å². The lowest BCUT2D eigenvalue weighted by molar-refractivity contribution is -0.128. The Morgan fingerprint density at radius 3 is 2.42 bits per heavy atom. The van der Waals surface area contributed by atoms with E-state index in [1.54, 1.807) is 6.07 Å². The van der Waals surface area contributed by atoms with E-state index in [1.165, 1.54) is 31.8 Å². The zero-order valence-corrected chi connectivity index (χ0v) is 15.2. The normalized spacial score (nSPS) is 32.3. The summed E-state index contributed by atoms with van der Waals surface area (Å²) in [4.78, 5) is 27.0. The number of carbonyl (C=O) groups excluding carboxylic acids is 2. The van der Waals surface area contributed by atoms with E-state index in [1.807, 2.05) is 4.90 Å². The quantitative estimate of drug-likeness (QED) is 0.865. The van der Waals surface area contributed by atoms with Gasteiger partial charge >= 0.3 is 0 Å². The summed E-state index contributed by atoms with van der Waals surface area (Å²) in [6.07, 6.45) is 10.2. The predicted octanol–water partition coefficient (Wildman–Crippen LogP) is 2.15. The van der Waals surface area contributed by atoms with Gasteiger partial charge in [0.2, 0.25) is 5.91 Å². The summed E-state index contributed by atoms with van der Waals surface area (Å²) in [6.45, 7) is 1.26. The van der Waals surface area contributed by atoms with Crippen LogP contribution in [0.5, 0.6) is 0 Å². The van der Waals surface area contributed by atoms with Crippen molar-refractivity contribution in [3.63, 3.8) is 0 Å². The van der Waals surface area contributed by atoms with Crippen LogP contribution in [0.15, 0.2) is 23.0 Å². The summed E-state index contributed by atoms with van der Waals surface area (Å²) < 4.78 is 4.99. The molecule has 1 aromatic heterocycles. The lowest BCUT2D eigenvalue weighted by Gasteiger charge is -2.45. The highest BCUT2D eigenvalue weighted by Crippen LogP contribution is 2.40. The van der Waals surface area contributed by atoms with E-state index < -0.39 is 0 Å². The molecule has 3 fully saturated rings. The zero-order valence-electron chi connectivity index (χ0n) is 15.2. The fraction of sp³-hybridized carbons (Fsp3) is 0.700. The van der Waals surface area contributed by atoms with E-state index in [-0.39, 0.29) is 17.7 Å². The van der Waals surface area contributed by atoms with Gasteiger partial charge in [-0.1, -0.05) is 6.42 Å². The number of hydrogen-bond acceptors (Lipinski definition) is 4. The highest BCUT2D eigenvalue weighted by Gasteiger charge is 2.41. The average molecular weight is 359 g/mol. The third kappa shape index (κ3) is 3.52. The number of rotatable bonds is 3. The number of hydrogen-bond donors (Lipinski definition) is 2. The van der Waals surface area contributed by atoms with Gasteiger partial charge in [0, 0.05) is 31.1 Å². The minimum absolute atomic E-state index is 0.00610. The summed E-state index contributed by atoms with van der Waals surface area (Å²) >= 11 is 0. The molecule has 1 aromatic rings. The minimum atomic E-state index is -0.00610. The molecule has 2 saturated carbocycles. The summed E-state index contributed by atoms with van der Waals surface area (Å²) in [7, 11) is 0. The Hall–Kier alpha value is -1.82. The highest BCUT2D eigenvalue weighted by molar-refractivity contribution is 5.94. The molecule has 2 unspecified atom stereocenters. The van der Waals surface area contributed by atoms with Crippen LogP contribution in [-0.2, 0) is 4.79 Å². The third-order valence-corrected chi connectivity index (χ3v) is 6.61. The molecule has 4 rings (SSSR count). The second-order valence-corrected chi connectivity index (χ2v) is 8.30. The van der Waals surface area contributed by atoms with Gasteiger partial charge in [-0.25, -0.2) is 0 Å². The molecule has 3 N–H and O–H groups in total. The van der Waals surface area contributed by atoms with Crippen molar-refractivity contribution in [3.8, 4) is 0 Å². The first-order chi connectivity index (χ1) is 12.6. The van der Waals surface area contributed by atoms with Crippen molar-refractivity contribution >= 4 is 11.8 Å². The van der Waals surface area contributed by atoms with Gasteiger partial charge in [0.25, 0.3) is 5.91 Å². The van der Waals surface area contributed by atoms with E-state index >= 15 is 0 Å². The van der Waals surface area contributed by atoms with Crippen molar-refractivity contribution in [3.05, 3.63) is 24.2 Å². The number of likely N-dealkylation sites (tertiary alicyclic amines) is 1. The fourth-order valence-corrected chi connectivity index (χ4v) is 5.22. The Labute approximate surface area is 154 Å². The number of nitrogens with one attached hydrogen (secondary N) is 1. The van der Waals surface area contributed by atoms with Crippen LogP contribution in [0.1, 0.15) is 55.3 Å². The topological polar surface area (TPSA) is 88.6 Å². The molecule has 2 aliphatic carbocycles. The number of amides is 2. The molecule has 0 aromatic carbocycles. The van der Waals surface area contributed by atoms with E-state index in [0.717, 1.165) is 25.7 Å². The largest absolute Gasteiger partial charge is 0.472 e. The van der Waals surface area contributed by atoms with E-state index in [4.69, 9.17) is 10.2 Å². The second-order valence-electron chi connectivity index (χ2n) is 8.30. The third-order valence-electron chi connectivity index (χ3n) is 6.61. The van der Waals surface area contributed by atoms with Crippen molar-refractivity contribution < 1.29 is 14.0 Å². The predicted molar refractivity (Wildman–Crippen MR) is 97.3 cm³/mol. The SMILES string of the molecule is NC1CC2CCCC(C1)C2NC(=O)C1CCN(C(=O)c2ccoc2)CC1. The highest BCUT2D eigenvalue weighted by atomic mass is 16.3. The molecular formula is C20H29N3O3. The summed E-state index contributed by atoms with van der Waals surface area (Å²) in [6, 6.07) is 2.30. The van der Waals surface area contributed by atoms with Crippen molar-refractivity contribution in [1.82, 2.24) is 10.2 Å². The first-order valence-electron chi connectivity index (χ1n) is 9.99. The van der Waals surface area contributed by atoms with E-state index in [9.17, 15) is 9.59 Å². The maximum absolute atomic E-state index is 12.8. The molecule has 6 heteroatoms. The van der Waals surface area contributed by atoms with Gasteiger partial charge in [-0.3, -0.25) is 9.59 Å². The molecular weight excluding hydrogens is 330 g/mol. The number of carbonyl (C=O) groups is 2. The summed E-state index contributed by atoms with van der Waals surface area (Å²) in [5.74, 6) is 1.28. The molecule has 3 aliphatic rings. The van der Waals surface area contributed by atoms with Crippen LogP contribution in [0.3, 0.4) is 0 Å². The fourth-order valence-electron chi connectivity index (χ4n) is 5.22. The molecule has 6 nitrogen and oxygen atoms in total. The monoisotopic (exact) mass is 359 g/mol. The number of nitrogens with two attached hydrogens (primary N) is 1. The standard InChI is InChI=1S/C20H29N3O3/c21-17-10-14-2-1-3-15(11-17)18(14)22-19(24)13-4-7-23(8-5-13)20(25)16-6-9-26-12-16/h6,9,12-15,17-18H,1-5,7-8,10-11,21H2,(H,22,24). The van der Waals surface area contributed by atoms with Crippen LogP contribution in [-0.4, -0.2) is 41.9 Å². The summed E-state index contributed by atoms with van der Waals surface area (Å²) in [5, 5.41) is 3.37. The number of nitrogens with zero attached hydrogens (tertiary/aromatic N) is 1. The van der Waals surface area contributed by atoms with Crippen molar-refractivity contribution in [2.75, 3.05) is 13.1 Å². The van der Waals surface area contributed by atoms with Gasteiger partial charge in [-0.2, -0.15) is 0 Å². The van der Waals surface area contributed by atoms with Crippen molar-refractivity contribution in [2.45, 2.75) is 57.0 Å². The molecule has 1 saturated heterocycles. The van der Waals surface area contributed by atoms with E-state index in [2.05, 4.69) is 5.32 Å². The van der Waals surface area contributed by atoms with Crippen LogP contribution < -0.4 is 11.1 Å². The number of piperidine rings is 1. The van der Waals surface area contributed by atoms with Crippen molar-refractivity contribution in [2.24, 2.45) is 23.5 Å². The van der Waals surface area contributed by atoms with Gasteiger partial charge in [-0.05, 0) is 56.4 Å². The molecule has 142 valence electrons. The molecule has 2 amide bonds. The lowest BCUT2D eigenvalue weighted by Crippen LogP contribution is -2.55. The van der Waals surface area contributed by atoms with Gasteiger partial charge in [-0.15, -0.1) is 0 Å². The van der Waals surface area contributed by atoms with Gasteiger partial charge in [0.05, 0.1) is 11.8 Å². The Bertz CT molecular complexity index is 623. The van der Waals surface area contributed by atoms with Crippen LogP contribution >= 0.6 is 0 Å². The summed E-state index contributed by atoms with van der Waals surface area (Å²) in [5.41, 5.74) is 6.77. The first-order valence-corrected chi connectivity index (χ1v) is 9.99. The zero-order chi connectivity index (χ0) is 18.1. The molecule has 1 aliphatic heterocycles. The second kappa shape index (κ2) is 7.43. The molecule has 2 atom stereocenters. The molecule has 0 spiro atoms. The molecule has 0 radical (unpaired) electrons. The van der Waals surface area contributed by atoms with Crippen LogP contribution in [0.2, 0.25) is 0 Å². The van der Waals surface area contributed by atoms with Crippen LogP contribution in [0.25, 0.3) is 0 Å². The average Bonchev–Trinajstić information content (AvgIpc) is 3.16. The molecule has 2 bridgehead atoms. The number of fused-ring (bicyclic) bond motifs is 2. The van der Waals surface area contributed by atoms with Gasteiger partial charge in [0.15, 0.2) is 0 Å². The Kier molecular flexibility index (Phi) is 5.02. The maximum Gasteiger partial charge on any atom is 0.257 e. The minimum Gasteiger partial charge on any atom is -0.472 e. The molecule has 26 heavy (non-hydrogen) atoms. The Morgan fingerprint density at radius 2 is 1.81 bits per heavy atom. The Morgan fingerprint density at radius 1 is 1.12 bits per heavy atom. The van der Waals surface area contributed by atoms with Crippen molar-refractivity contribution in [1.29, 1.82) is 0 Å². The number of furan rings is 1. The van der Waals surface area contributed by atoms with Gasteiger partial charge in [0.1, 0.15) is 6.26 Å². The molecule has 2 heterocycles. The lowest BCUT2D eigenvalue weighted by atomic mass is 9.67. The van der Waals surface area contributed by atoms with Gasteiger partial charge < -0.3 is 20.4 Å². The Balaban J connectivity index is 1.30. The van der Waals surface area contributed by atoms with Crippen LogP contribution in [0, 0.1) is 17.8 Å². The maximum atomic E-state index is 12.8. The smallest absolute Gasteiger partial charge is 0.257 e. The first kappa shape index (κ1) is 17.6. The van der Waals surface area contributed by atoms with E-state index in [0.29, 0.717) is 42.6 Å².